The van der Waals surface area contributed by atoms with E-state index in [0.29, 0.717) is 17.6 Å². The summed E-state index contributed by atoms with van der Waals surface area (Å²) in [5.41, 5.74) is 2.78. The Morgan fingerprint density at radius 2 is 1.69 bits per heavy atom. The van der Waals surface area contributed by atoms with Crippen LogP contribution in [0.5, 0.6) is 0 Å². The smallest absolute Gasteiger partial charge is 0.366 e. The van der Waals surface area contributed by atoms with Crippen molar-refractivity contribution in [1.29, 1.82) is 0 Å². The van der Waals surface area contributed by atoms with Crippen LogP contribution in [0.15, 0.2) is 64.2 Å². The van der Waals surface area contributed by atoms with Crippen LogP contribution in [-0.4, -0.2) is 40.5 Å². The van der Waals surface area contributed by atoms with E-state index in [0.717, 1.165) is 4.68 Å². The number of carbonyl (C=O) groups is 2. The fraction of sp³-hybridized carbons (Fsp3) is 0.185. The molecule has 0 fully saturated rings. The normalized spacial score (nSPS) is 11.7. The summed E-state index contributed by atoms with van der Waals surface area (Å²) in [4.78, 5) is 54.6. The summed E-state index contributed by atoms with van der Waals surface area (Å²) in [5.74, 6) is -1.37. The molecule has 2 aromatic carbocycles. The number of aryl methyl sites for hydroxylation is 3. The maximum absolute atomic E-state index is 13.8. The molecule has 0 saturated carbocycles. The maximum Gasteiger partial charge on any atom is 0.433 e. The molecule has 3 aromatic heterocycles. The van der Waals surface area contributed by atoms with Crippen molar-refractivity contribution in [3.8, 4) is 11.4 Å². The molecular formula is C27H23F3N8O4. The van der Waals surface area contributed by atoms with Gasteiger partial charge in [-0.2, -0.15) is 18.3 Å². The highest BCUT2D eigenvalue weighted by molar-refractivity contribution is 6.11. The highest BCUT2D eigenvalue weighted by Gasteiger charge is 2.36. The van der Waals surface area contributed by atoms with Crippen molar-refractivity contribution in [2.45, 2.75) is 26.6 Å². The molecule has 0 unspecified atom stereocenters. The van der Waals surface area contributed by atoms with Crippen molar-refractivity contribution >= 4 is 28.4 Å². The number of benzene rings is 2. The molecule has 5 aromatic rings. The summed E-state index contributed by atoms with van der Waals surface area (Å²) in [6.07, 6.45) is -4.96. The van der Waals surface area contributed by atoms with E-state index in [1.54, 1.807) is 26.0 Å². The summed E-state index contributed by atoms with van der Waals surface area (Å²) in [7, 11) is 1.50. The van der Waals surface area contributed by atoms with Crippen LogP contribution in [0, 0.1) is 6.92 Å². The average molecular weight is 581 g/mol. The molecule has 0 spiro atoms. The lowest BCUT2D eigenvalue weighted by Gasteiger charge is -2.14. The zero-order valence-corrected chi connectivity index (χ0v) is 22.4. The van der Waals surface area contributed by atoms with E-state index < -0.39 is 34.9 Å². The lowest BCUT2D eigenvalue weighted by molar-refractivity contribution is -0.141. The van der Waals surface area contributed by atoms with E-state index in [2.05, 4.69) is 15.4 Å². The van der Waals surface area contributed by atoms with Crippen LogP contribution in [0.4, 0.5) is 18.9 Å². The zero-order valence-electron chi connectivity index (χ0n) is 22.4. The third-order valence-electron chi connectivity index (χ3n) is 6.56. The second-order valence-electron chi connectivity index (χ2n) is 9.29. The first-order chi connectivity index (χ1) is 19.8. The van der Waals surface area contributed by atoms with Crippen molar-refractivity contribution in [2.75, 3.05) is 5.32 Å². The van der Waals surface area contributed by atoms with Gasteiger partial charge in [0.05, 0.1) is 16.8 Å². The Balaban J connectivity index is 1.69. The molecule has 12 nitrogen and oxygen atoms in total. The summed E-state index contributed by atoms with van der Waals surface area (Å²) in [6.45, 7) is 3.38. The third kappa shape index (κ3) is 4.74. The number of primary amides is 1. The Bertz CT molecular complexity index is 2000. The number of nitrogens with zero attached hydrogens (tertiary/aromatic N) is 6. The molecule has 3 N–H and O–H groups in total. The molecule has 216 valence electrons. The molecule has 3 heterocycles. The Hall–Kier alpha value is -5.47. The van der Waals surface area contributed by atoms with Crippen molar-refractivity contribution < 1.29 is 22.8 Å². The third-order valence-corrected chi connectivity index (χ3v) is 6.56. The fourth-order valence-corrected chi connectivity index (χ4v) is 4.71. The molecule has 15 heteroatoms. The summed E-state index contributed by atoms with van der Waals surface area (Å²) >= 11 is 0. The van der Waals surface area contributed by atoms with Crippen LogP contribution >= 0.6 is 0 Å². The van der Waals surface area contributed by atoms with E-state index in [1.807, 2.05) is 0 Å². The van der Waals surface area contributed by atoms with Gasteiger partial charge in [0.25, 0.3) is 11.5 Å². The number of rotatable bonds is 6. The predicted molar refractivity (Wildman–Crippen MR) is 146 cm³/mol. The summed E-state index contributed by atoms with van der Waals surface area (Å²) < 4.78 is 46.6. The minimum Gasteiger partial charge on any atom is -0.366 e. The maximum atomic E-state index is 13.8. The molecule has 0 radical (unpaired) electrons. The zero-order chi connectivity index (χ0) is 30.5. The number of hydrogen-bond donors (Lipinski definition) is 2. The second kappa shape index (κ2) is 10.2. The Labute approximate surface area is 234 Å². The molecule has 0 atom stereocenters. The predicted octanol–water partition coefficient (Wildman–Crippen LogP) is 2.77. The topological polar surface area (TPSA) is 152 Å². The van der Waals surface area contributed by atoms with Crippen LogP contribution in [0.2, 0.25) is 0 Å². The van der Waals surface area contributed by atoms with E-state index in [9.17, 15) is 32.3 Å². The van der Waals surface area contributed by atoms with E-state index in [4.69, 9.17) is 5.73 Å². The molecule has 42 heavy (non-hydrogen) atoms. The largest absolute Gasteiger partial charge is 0.433 e. The fourth-order valence-electron chi connectivity index (χ4n) is 4.71. The molecule has 0 bridgehead atoms. The molecule has 0 aliphatic rings. The summed E-state index contributed by atoms with van der Waals surface area (Å²) in [6, 6.07) is 12.3. The van der Waals surface area contributed by atoms with E-state index in [-0.39, 0.29) is 40.1 Å². The molecule has 0 aliphatic carbocycles. The average Bonchev–Trinajstić information content (AvgIpc) is 3.38. The van der Waals surface area contributed by atoms with Crippen LogP contribution in [0.1, 0.15) is 39.3 Å². The van der Waals surface area contributed by atoms with Gasteiger partial charge in [-0.05, 0) is 62.4 Å². The first-order valence-corrected chi connectivity index (χ1v) is 12.5. The SMILES string of the molecule is CCn1c2c(C(=O)Nc3cccc(C(N)=O)c3)nc(C(F)(F)F)cc2c(=O)n1-c1ccc(-n2c(C)nn(C)c2=O)cc1. The monoisotopic (exact) mass is 580 g/mol. The van der Waals surface area contributed by atoms with Gasteiger partial charge in [0.2, 0.25) is 5.91 Å². The van der Waals surface area contributed by atoms with Crippen molar-refractivity contribution in [1.82, 2.24) is 28.7 Å². The van der Waals surface area contributed by atoms with Gasteiger partial charge < -0.3 is 11.1 Å². The van der Waals surface area contributed by atoms with Crippen molar-refractivity contribution in [3.63, 3.8) is 0 Å². The van der Waals surface area contributed by atoms with Gasteiger partial charge in [0.15, 0.2) is 5.69 Å². The number of hydrogen-bond acceptors (Lipinski definition) is 6. The second-order valence-corrected chi connectivity index (χ2v) is 9.29. The van der Waals surface area contributed by atoms with Crippen molar-refractivity contribution in [3.05, 3.63) is 98.2 Å². The molecule has 0 aliphatic heterocycles. The standard InChI is InChI=1S/C27H23F3N8O4/c1-4-36-22-19(25(41)38(36)18-10-8-17(9-11-18)37-14(2)34-35(3)26(37)42)13-20(27(28,29)30)33-21(22)24(40)32-16-7-5-6-15(12-16)23(31)39/h5-13H,4H2,1-3H3,(H2,31,39)(H,32,40). The number of aromatic nitrogens is 6. The number of halogens is 3. The van der Waals surface area contributed by atoms with Gasteiger partial charge in [-0.15, -0.1) is 0 Å². The van der Waals surface area contributed by atoms with Crippen LogP contribution < -0.4 is 22.3 Å². The lowest BCUT2D eigenvalue weighted by Crippen LogP contribution is -2.23. The van der Waals surface area contributed by atoms with Gasteiger partial charge in [0.1, 0.15) is 17.0 Å². The van der Waals surface area contributed by atoms with Gasteiger partial charge >= 0.3 is 11.9 Å². The van der Waals surface area contributed by atoms with Gasteiger partial charge in [-0.3, -0.25) is 19.1 Å². The highest BCUT2D eigenvalue weighted by atomic mass is 19.4. The van der Waals surface area contributed by atoms with Gasteiger partial charge in [-0.1, -0.05) is 6.07 Å². The van der Waals surface area contributed by atoms with E-state index >= 15 is 0 Å². The first-order valence-electron chi connectivity index (χ1n) is 12.5. The molecular weight excluding hydrogens is 557 g/mol. The highest BCUT2D eigenvalue weighted by Crippen LogP contribution is 2.31. The number of anilines is 1. The van der Waals surface area contributed by atoms with Crippen LogP contribution in [0.25, 0.3) is 22.3 Å². The van der Waals surface area contributed by atoms with Crippen molar-refractivity contribution in [2.24, 2.45) is 12.8 Å². The number of pyridine rings is 1. The Morgan fingerprint density at radius 1 is 1.02 bits per heavy atom. The molecule has 2 amide bonds. The number of nitrogens with one attached hydrogen (secondary N) is 1. The number of nitrogens with two attached hydrogens (primary N) is 1. The molecule has 5 rings (SSSR count). The van der Waals surface area contributed by atoms with Gasteiger partial charge in [-0.25, -0.2) is 23.7 Å². The lowest BCUT2D eigenvalue weighted by atomic mass is 10.1. The number of amides is 2. The molecule has 0 saturated heterocycles. The van der Waals surface area contributed by atoms with Crippen LogP contribution in [-0.2, 0) is 19.8 Å². The minimum absolute atomic E-state index is 0.0683. The number of fused-ring (bicyclic) bond motifs is 1. The number of carbonyl (C=O) groups excluding carboxylic acids is 2. The Morgan fingerprint density at radius 3 is 2.26 bits per heavy atom. The van der Waals surface area contributed by atoms with E-state index in [1.165, 1.54) is 57.4 Å². The summed E-state index contributed by atoms with van der Waals surface area (Å²) in [5, 5.41) is 6.15. The number of alkyl halides is 3. The Kier molecular flexibility index (Phi) is 6.80. The quantitative estimate of drug-likeness (QED) is 0.315. The first kappa shape index (κ1) is 28.1. The van der Waals surface area contributed by atoms with Crippen LogP contribution in [0.3, 0.4) is 0 Å². The van der Waals surface area contributed by atoms with Gasteiger partial charge in [0, 0.05) is 24.8 Å². The minimum atomic E-state index is -4.96.